The second-order valence-electron chi connectivity index (χ2n) is 5.15. The van der Waals surface area contributed by atoms with Crippen LogP contribution >= 0.6 is 0 Å². The zero-order valence-electron chi connectivity index (χ0n) is 14.1. The molecule has 0 heterocycles. The van der Waals surface area contributed by atoms with E-state index in [1.165, 1.54) is 26.0 Å². The second-order valence-corrected chi connectivity index (χ2v) is 5.15. The number of nitrogens with one attached hydrogen (secondary N) is 1. The van der Waals surface area contributed by atoms with E-state index >= 15 is 0 Å². The van der Waals surface area contributed by atoms with Crippen LogP contribution in [0, 0.1) is 0 Å². The lowest BCUT2D eigenvalue weighted by Gasteiger charge is -2.15. The van der Waals surface area contributed by atoms with Gasteiger partial charge in [0.15, 0.2) is 0 Å². The van der Waals surface area contributed by atoms with Crippen LogP contribution in [0.1, 0.15) is 17.3 Å². The third-order valence-electron chi connectivity index (χ3n) is 3.64. The van der Waals surface area contributed by atoms with Crippen LogP contribution in [0.5, 0.6) is 11.5 Å². The standard InChI is InChI=1S/C18H20N2O4/c1-12(21)20(2)14-7-5-13(6-8-14)19-18(22)16-11-15(23-3)9-10-17(16)24-4/h5-11H,1-4H3,(H,19,22). The molecule has 6 heteroatoms. The first-order valence-electron chi connectivity index (χ1n) is 7.34. The molecule has 0 fully saturated rings. The number of ether oxygens (including phenoxy) is 2. The maximum absolute atomic E-state index is 12.5. The van der Waals surface area contributed by atoms with Crippen molar-refractivity contribution in [2.24, 2.45) is 0 Å². The van der Waals surface area contributed by atoms with E-state index in [0.717, 1.165) is 5.69 Å². The molecule has 0 aliphatic heterocycles. The van der Waals surface area contributed by atoms with Crippen molar-refractivity contribution in [3.63, 3.8) is 0 Å². The molecular weight excluding hydrogens is 308 g/mol. The lowest BCUT2D eigenvalue weighted by molar-refractivity contribution is -0.116. The average molecular weight is 328 g/mol. The Labute approximate surface area is 141 Å². The van der Waals surface area contributed by atoms with Gasteiger partial charge in [-0.25, -0.2) is 0 Å². The first-order valence-corrected chi connectivity index (χ1v) is 7.34. The molecule has 0 radical (unpaired) electrons. The van der Waals surface area contributed by atoms with Crippen molar-refractivity contribution >= 4 is 23.2 Å². The summed E-state index contributed by atoms with van der Waals surface area (Å²) in [4.78, 5) is 25.4. The van der Waals surface area contributed by atoms with E-state index in [1.54, 1.807) is 49.5 Å². The highest BCUT2D eigenvalue weighted by Gasteiger charge is 2.14. The van der Waals surface area contributed by atoms with Crippen LogP contribution in [0.15, 0.2) is 42.5 Å². The molecule has 0 saturated heterocycles. The third-order valence-corrected chi connectivity index (χ3v) is 3.64. The summed E-state index contributed by atoms with van der Waals surface area (Å²) in [7, 11) is 4.73. The molecule has 2 rings (SSSR count). The number of hydrogen-bond acceptors (Lipinski definition) is 4. The van der Waals surface area contributed by atoms with Gasteiger partial charge in [-0.15, -0.1) is 0 Å². The zero-order chi connectivity index (χ0) is 17.7. The van der Waals surface area contributed by atoms with Gasteiger partial charge in [0.1, 0.15) is 11.5 Å². The molecule has 0 aliphatic rings. The molecule has 0 bridgehead atoms. The fraction of sp³-hybridized carbons (Fsp3) is 0.222. The van der Waals surface area contributed by atoms with E-state index in [2.05, 4.69) is 5.32 Å². The van der Waals surface area contributed by atoms with E-state index in [0.29, 0.717) is 22.7 Å². The molecule has 126 valence electrons. The topological polar surface area (TPSA) is 67.9 Å². The molecular formula is C18H20N2O4. The normalized spacial score (nSPS) is 10.0. The Hall–Kier alpha value is -3.02. The molecule has 1 N–H and O–H groups in total. The molecule has 2 amide bonds. The molecule has 0 spiro atoms. The third kappa shape index (κ3) is 3.84. The lowest BCUT2D eigenvalue weighted by atomic mass is 10.1. The van der Waals surface area contributed by atoms with Crippen molar-refractivity contribution in [3.05, 3.63) is 48.0 Å². The molecule has 0 unspecified atom stereocenters. The highest BCUT2D eigenvalue weighted by atomic mass is 16.5. The number of hydrogen-bond donors (Lipinski definition) is 1. The number of carbonyl (C=O) groups is 2. The summed E-state index contributed by atoms with van der Waals surface area (Å²) in [6.07, 6.45) is 0. The largest absolute Gasteiger partial charge is 0.497 e. The Balaban J connectivity index is 2.19. The first kappa shape index (κ1) is 17.3. The fourth-order valence-electron chi connectivity index (χ4n) is 2.14. The summed E-state index contributed by atoms with van der Waals surface area (Å²) in [5, 5.41) is 2.80. The van der Waals surface area contributed by atoms with Crippen molar-refractivity contribution in [2.45, 2.75) is 6.92 Å². The van der Waals surface area contributed by atoms with Gasteiger partial charge in [-0.1, -0.05) is 0 Å². The zero-order valence-corrected chi connectivity index (χ0v) is 14.1. The predicted molar refractivity (Wildman–Crippen MR) is 93.0 cm³/mol. The van der Waals surface area contributed by atoms with Crippen molar-refractivity contribution < 1.29 is 19.1 Å². The van der Waals surface area contributed by atoms with Crippen LogP contribution < -0.4 is 19.7 Å². The summed E-state index contributed by atoms with van der Waals surface area (Å²) in [6, 6.07) is 12.0. The van der Waals surface area contributed by atoms with Crippen LogP contribution in [0.3, 0.4) is 0 Å². The molecule has 2 aromatic rings. The van der Waals surface area contributed by atoms with Crippen LogP contribution in [-0.2, 0) is 4.79 Å². The average Bonchev–Trinajstić information content (AvgIpc) is 2.60. The number of anilines is 2. The molecule has 24 heavy (non-hydrogen) atoms. The van der Waals surface area contributed by atoms with Crippen molar-refractivity contribution in [1.29, 1.82) is 0 Å². The van der Waals surface area contributed by atoms with Crippen LogP contribution in [0.2, 0.25) is 0 Å². The van der Waals surface area contributed by atoms with E-state index < -0.39 is 0 Å². The molecule has 6 nitrogen and oxygen atoms in total. The molecule has 0 saturated carbocycles. The lowest BCUT2D eigenvalue weighted by Crippen LogP contribution is -2.22. The number of methoxy groups -OCH3 is 2. The number of rotatable bonds is 5. The van der Waals surface area contributed by atoms with E-state index in [-0.39, 0.29) is 11.8 Å². The van der Waals surface area contributed by atoms with Gasteiger partial charge in [0.25, 0.3) is 5.91 Å². The molecule has 0 aliphatic carbocycles. The predicted octanol–water partition coefficient (Wildman–Crippen LogP) is 2.94. The monoisotopic (exact) mass is 328 g/mol. The Kier molecular flexibility index (Phi) is 5.42. The maximum Gasteiger partial charge on any atom is 0.259 e. The molecule has 0 atom stereocenters. The van der Waals surface area contributed by atoms with Crippen molar-refractivity contribution in [1.82, 2.24) is 0 Å². The van der Waals surface area contributed by atoms with Gasteiger partial charge in [0.2, 0.25) is 5.91 Å². The number of amides is 2. The summed E-state index contributed by atoms with van der Waals surface area (Å²) in [5.41, 5.74) is 1.74. The smallest absolute Gasteiger partial charge is 0.259 e. The van der Waals surface area contributed by atoms with E-state index in [1.807, 2.05) is 0 Å². The summed E-state index contributed by atoms with van der Waals surface area (Å²) < 4.78 is 10.4. The van der Waals surface area contributed by atoms with Gasteiger partial charge < -0.3 is 19.7 Å². The highest BCUT2D eigenvalue weighted by molar-refractivity contribution is 6.06. The Morgan fingerprint density at radius 1 is 1.00 bits per heavy atom. The van der Waals surface area contributed by atoms with Gasteiger partial charge in [-0.2, -0.15) is 0 Å². The Bertz CT molecular complexity index is 741. The van der Waals surface area contributed by atoms with Crippen LogP contribution in [0.4, 0.5) is 11.4 Å². The van der Waals surface area contributed by atoms with E-state index in [9.17, 15) is 9.59 Å². The van der Waals surface area contributed by atoms with Crippen LogP contribution in [-0.4, -0.2) is 33.1 Å². The SMILES string of the molecule is COc1ccc(OC)c(C(=O)Nc2ccc(N(C)C(C)=O)cc2)c1. The van der Waals surface area contributed by atoms with Gasteiger partial charge >= 0.3 is 0 Å². The maximum atomic E-state index is 12.5. The quantitative estimate of drug-likeness (QED) is 0.916. The van der Waals surface area contributed by atoms with Gasteiger partial charge in [-0.05, 0) is 42.5 Å². The Morgan fingerprint density at radius 3 is 2.21 bits per heavy atom. The van der Waals surface area contributed by atoms with Gasteiger partial charge in [-0.3, -0.25) is 9.59 Å². The number of benzene rings is 2. The molecule has 0 aromatic heterocycles. The summed E-state index contributed by atoms with van der Waals surface area (Å²) >= 11 is 0. The summed E-state index contributed by atoms with van der Waals surface area (Å²) in [5.74, 6) is 0.659. The number of carbonyl (C=O) groups excluding carboxylic acids is 2. The fourth-order valence-corrected chi connectivity index (χ4v) is 2.14. The minimum atomic E-state index is -0.307. The Morgan fingerprint density at radius 2 is 1.67 bits per heavy atom. The van der Waals surface area contributed by atoms with Crippen LogP contribution in [0.25, 0.3) is 0 Å². The molecule has 2 aromatic carbocycles. The second kappa shape index (κ2) is 7.50. The van der Waals surface area contributed by atoms with Crippen molar-refractivity contribution in [2.75, 3.05) is 31.5 Å². The van der Waals surface area contributed by atoms with Gasteiger partial charge in [0.05, 0.1) is 19.8 Å². The minimum absolute atomic E-state index is 0.0621. The first-order chi connectivity index (χ1) is 11.5. The van der Waals surface area contributed by atoms with Crippen molar-refractivity contribution in [3.8, 4) is 11.5 Å². The highest BCUT2D eigenvalue weighted by Crippen LogP contribution is 2.25. The van der Waals surface area contributed by atoms with E-state index in [4.69, 9.17) is 9.47 Å². The minimum Gasteiger partial charge on any atom is -0.497 e. The van der Waals surface area contributed by atoms with Gasteiger partial charge in [0, 0.05) is 25.3 Å². The summed E-state index contributed by atoms with van der Waals surface area (Å²) in [6.45, 7) is 1.49. The number of nitrogens with zero attached hydrogens (tertiary/aromatic N) is 1.